The van der Waals surface area contributed by atoms with Gasteiger partial charge in [0.15, 0.2) is 6.35 Å². The summed E-state index contributed by atoms with van der Waals surface area (Å²) in [6, 6.07) is 2.15. The number of aliphatic imine (C=N–C) groups is 1. The summed E-state index contributed by atoms with van der Waals surface area (Å²) in [5, 5.41) is 30.4. The number of nitrogens with two attached hydrogens (primary N) is 1. The number of aliphatic hydroxyl groups is 1. The zero-order valence-electron chi connectivity index (χ0n) is 64.2. The van der Waals surface area contributed by atoms with Crippen LogP contribution in [0.3, 0.4) is 0 Å². The van der Waals surface area contributed by atoms with Crippen molar-refractivity contribution in [2.24, 2.45) is 46.2 Å². The number of nitrogens with one attached hydrogen (secondary N) is 7. The van der Waals surface area contributed by atoms with E-state index in [9.17, 15) is 48.3 Å². The number of piperidine rings is 1. The van der Waals surface area contributed by atoms with Crippen molar-refractivity contribution in [2.75, 3.05) is 73.4 Å². The number of unbranched alkanes of at least 4 members (excludes halogenated alkanes) is 2. The van der Waals surface area contributed by atoms with Crippen LogP contribution in [0.5, 0.6) is 0 Å². The average Bonchev–Trinajstić information content (AvgIpc) is 1.44. The fourth-order valence-corrected chi connectivity index (χ4v) is 14.3. The molecule has 102 heavy (non-hydrogen) atoms. The number of rotatable bonds is 43. The molecule has 1 aliphatic carbocycles. The smallest absolute Gasteiger partial charge is 0.246 e. The van der Waals surface area contributed by atoms with Crippen molar-refractivity contribution in [1.82, 2.24) is 51.5 Å². The molecule has 1 aromatic rings. The van der Waals surface area contributed by atoms with E-state index in [1.165, 1.54) is 7.11 Å². The van der Waals surface area contributed by atoms with Gasteiger partial charge in [0.05, 0.1) is 60.8 Å². The number of likely N-dealkylation sites (tertiary alicyclic amines) is 2. The third kappa shape index (κ3) is 26.8. The van der Waals surface area contributed by atoms with Crippen molar-refractivity contribution in [3.05, 3.63) is 77.9 Å². The zero-order chi connectivity index (χ0) is 76.0. The molecule has 25 heteroatoms. The van der Waals surface area contributed by atoms with Gasteiger partial charge in [0, 0.05) is 65.3 Å². The number of benzene rings is 1. The van der Waals surface area contributed by atoms with Gasteiger partial charge in [0.1, 0.15) is 18.1 Å². The van der Waals surface area contributed by atoms with Crippen molar-refractivity contribution < 1.29 is 57.7 Å². The van der Waals surface area contributed by atoms with Gasteiger partial charge in [0.25, 0.3) is 0 Å². The van der Waals surface area contributed by atoms with Gasteiger partial charge in [-0.05, 0) is 133 Å². The molecule has 13 atom stereocenters. The lowest BCUT2D eigenvalue weighted by Crippen LogP contribution is -2.59. The highest BCUT2D eigenvalue weighted by atomic mass is 16.5. The fourth-order valence-electron chi connectivity index (χ4n) is 14.3. The Kier molecular flexibility index (Phi) is 37.5. The SMILES string of the molecule is C=NC[C@H](Cc1ccc(NC(=O)[C@H](CCCNC(N)O)NC(=O)[C@@H](NC(=O)CCC(=O)N2CCC(C(=O)NC(C)(CCCCC)C3=CC=CC=CC=C3)CC2)C(C)C)cc1)NC(=O)[C@H](C)[C@@H](OC)[C@@H]1CCCN1C(=O)C[C@@H](OC)C([C@@H](C)CC)N(C)C(=O)[C@@H](NC(=O)[C@H](C(C)C)N(C)C)C(C)C. The molecule has 0 aromatic heterocycles. The molecule has 3 aliphatic rings. The van der Waals surface area contributed by atoms with Crippen LogP contribution in [0.15, 0.2) is 77.4 Å². The molecule has 25 nitrogen and oxygen atoms in total. The Balaban J connectivity index is 1.37. The maximum absolute atomic E-state index is 14.6. The average molecular weight is 1430 g/mol. The molecule has 0 spiro atoms. The van der Waals surface area contributed by atoms with E-state index in [1.54, 1.807) is 73.9 Å². The molecule has 9 amide bonds. The summed E-state index contributed by atoms with van der Waals surface area (Å²) in [6.45, 7) is 26.6. The molecule has 2 heterocycles. The Hall–Kier alpha value is -7.16. The van der Waals surface area contributed by atoms with Crippen molar-refractivity contribution in [3.8, 4) is 0 Å². The monoisotopic (exact) mass is 1430 g/mol. The Morgan fingerprint density at radius 1 is 0.745 bits per heavy atom. The number of carbonyl (C=O) groups is 9. The van der Waals surface area contributed by atoms with E-state index in [0.717, 1.165) is 36.8 Å². The second-order valence-corrected chi connectivity index (χ2v) is 29.5. The van der Waals surface area contributed by atoms with Crippen molar-refractivity contribution >= 4 is 65.6 Å². The molecule has 0 saturated carbocycles. The summed E-state index contributed by atoms with van der Waals surface area (Å²) >= 11 is 0. The van der Waals surface area contributed by atoms with Gasteiger partial charge in [-0.1, -0.05) is 150 Å². The summed E-state index contributed by atoms with van der Waals surface area (Å²) in [7, 11) is 8.47. The first-order valence-electron chi connectivity index (χ1n) is 37.2. The maximum atomic E-state index is 14.6. The van der Waals surface area contributed by atoms with E-state index < -0.39 is 95.9 Å². The van der Waals surface area contributed by atoms with E-state index in [0.29, 0.717) is 70.3 Å². The molecule has 2 saturated heterocycles. The van der Waals surface area contributed by atoms with Crippen LogP contribution in [0.4, 0.5) is 5.69 Å². The van der Waals surface area contributed by atoms with Crippen LogP contribution in [-0.2, 0) is 59.0 Å². The number of methoxy groups -OCH3 is 2. The summed E-state index contributed by atoms with van der Waals surface area (Å²) < 4.78 is 12.2. The number of ether oxygens (including phenoxy) is 2. The number of nitrogens with zero attached hydrogens (tertiary/aromatic N) is 5. The molecule has 2 fully saturated rings. The first-order valence-corrected chi connectivity index (χ1v) is 37.2. The molecule has 572 valence electrons. The lowest BCUT2D eigenvalue weighted by atomic mass is 9.83. The summed E-state index contributed by atoms with van der Waals surface area (Å²) in [6.07, 6.45) is 18.5. The van der Waals surface area contributed by atoms with Gasteiger partial charge >= 0.3 is 0 Å². The van der Waals surface area contributed by atoms with E-state index in [1.807, 2.05) is 103 Å². The lowest BCUT2D eigenvalue weighted by molar-refractivity contribution is -0.148. The highest BCUT2D eigenvalue weighted by molar-refractivity contribution is 5.99. The second kappa shape index (κ2) is 43.8. The van der Waals surface area contributed by atoms with Crippen LogP contribution in [0.25, 0.3) is 0 Å². The van der Waals surface area contributed by atoms with Crippen molar-refractivity contribution in [3.63, 3.8) is 0 Å². The number of hydrogen-bond donors (Lipinski definition) is 9. The van der Waals surface area contributed by atoms with E-state index in [4.69, 9.17) is 15.2 Å². The van der Waals surface area contributed by atoms with E-state index in [-0.39, 0.29) is 97.9 Å². The molecule has 1 aromatic carbocycles. The normalized spacial score (nSPS) is 18.8. The van der Waals surface area contributed by atoms with Crippen LogP contribution < -0.4 is 43.0 Å². The van der Waals surface area contributed by atoms with Gasteiger partial charge in [-0.15, -0.1) is 0 Å². The Morgan fingerprint density at radius 2 is 1.40 bits per heavy atom. The lowest BCUT2D eigenvalue weighted by Gasteiger charge is -2.41. The second-order valence-electron chi connectivity index (χ2n) is 29.5. The number of anilines is 1. The predicted molar refractivity (Wildman–Crippen MR) is 401 cm³/mol. The highest BCUT2D eigenvalue weighted by Crippen LogP contribution is 2.32. The molecule has 0 bridgehead atoms. The minimum Gasteiger partial charge on any atom is -0.379 e. The Labute approximate surface area is 608 Å². The molecular formula is C77H127N13O12. The van der Waals surface area contributed by atoms with Gasteiger partial charge in [0.2, 0.25) is 53.2 Å². The van der Waals surface area contributed by atoms with E-state index in [2.05, 4.69) is 62.8 Å². The van der Waals surface area contributed by atoms with Gasteiger partial charge < -0.3 is 61.2 Å². The third-order valence-electron chi connectivity index (χ3n) is 20.4. The van der Waals surface area contributed by atoms with Crippen LogP contribution in [-0.4, -0.2) is 219 Å². The fraction of sp³-hybridized carbons (Fsp3) is 0.688. The summed E-state index contributed by atoms with van der Waals surface area (Å²) in [4.78, 5) is 137. The molecular weight excluding hydrogens is 1300 g/mol. The number of aliphatic hydroxyl groups excluding tert-OH is 1. The van der Waals surface area contributed by atoms with E-state index >= 15 is 0 Å². The number of hydrogen-bond acceptors (Lipinski definition) is 16. The zero-order valence-corrected chi connectivity index (χ0v) is 64.2. The topological polar surface area (TPSA) is 328 Å². The third-order valence-corrected chi connectivity index (χ3v) is 20.4. The molecule has 10 N–H and O–H groups in total. The van der Waals surface area contributed by atoms with Gasteiger partial charge in [-0.25, -0.2) is 0 Å². The number of carbonyl (C=O) groups excluding carboxylic acids is 9. The summed E-state index contributed by atoms with van der Waals surface area (Å²) in [5.41, 5.74) is 7.18. The Bertz CT molecular complexity index is 2990. The molecule has 3 unspecified atom stereocenters. The largest absolute Gasteiger partial charge is 0.379 e. The highest BCUT2D eigenvalue weighted by Gasteiger charge is 2.44. The Morgan fingerprint density at radius 3 is 1.99 bits per heavy atom. The van der Waals surface area contributed by atoms with Crippen LogP contribution in [0.2, 0.25) is 0 Å². The quantitative estimate of drug-likeness (QED) is 0.0196. The first kappa shape index (κ1) is 87.2. The standard InChI is InChI=1S/C77H127N13O12/c1-18-20-26-41-77(11,56-29-24-22-21-23-25-30-56)86-71(95)55-39-44-89(45-40-55)63(92)38-37-62(91)84-65(49(3)4)73(97)83-59(31-27-42-80-76(78)100)72(96)81-57-35-33-54(34-36-57)46-58(48-79-12)82-70(94)53(10)69(102-17)60-32-28-43-90(60)64(93)47-61(101-16)68(52(9)19-2)88(15)75(99)66(50(5)6)85-74(98)67(51(7)8)87(13)14/h21-25,29-30,33-36,49-53,55,58-61,65-69,76,80,100H,12,18-20,26-28,31-32,37-48,78H2,1-11,13-17H3,(H,81,96)(H,82,94)(H,83,97)(H,84,91)(H,85,98)(H,86,95)/t52-,53+,58-,59-,60-,61+,65-,66-,67-,68?,69+,76?,77?/m0/s1. The first-order chi connectivity index (χ1) is 48.4. The predicted octanol–water partition coefficient (Wildman–Crippen LogP) is 6.31. The number of allylic oxidation sites excluding steroid dienone is 6. The minimum atomic E-state index is -1.30. The van der Waals surface area contributed by atoms with Crippen LogP contribution in [0, 0.1) is 35.5 Å². The van der Waals surface area contributed by atoms with Gasteiger partial charge in [-0.2, -0.15) is 0 Å². The molecule has 2 aliphatic heterocycles. The van der Waals surface area contributed by atoms with Crippen LogP contribution >= 0.6 is 0 Å². The number of likely N-dealkylation sites (N-methyl/N-ethyl adjacent to an activating group) is 2. The molecule has 0 radical (unpaired) electrons. The van der Waals surface area contributed by atoms with Gasteiger partial charge in [-0.3, -0.25) is 64.1 Å². The molecule has 4 rings (SSSR count). The van der Waals surface area contributed by atoms with Crippen molar-refractivity contribution in [2.45, 2.75) is 239 Å². The summed E-state index contributed by atoms with van der Waals surface area (Å²) in [5.74, 6) is -4.63. The minimum absolute atomic E-state index is 0.00263. The number of amides is 9. The van der Waals surface area contributed by atoms with Crippen LogP contribution in [0.1, 0.15) is 172 Å². The van der Waals surface area contributed by atoms with Crippen molar-refractivity contribution in [1.29, 1.82) is 0 Å². The maximum Gasteiger partial charge on any atom is 0.246 e.